The van der Waals surface area contributed by atoms with E-state index in [1.54, 1.807) is 7.05 Å². The van der Waals surface area contributed by atoms with E-state index >= 15 is 0 Å². The fourth-order valence-electron chi connectivity index (χ4n) is 2.53. The van der Waals surface area contributed by atoms with Gasteiger partial charge in [0.05, 0.1) is 0 Å². The van der Waals surface area contributed by atoms with Crippen molar-refractivity contribution in [2.75, 3.05) is 26.7 Å². The molecular weight excluding hydrogens is 276 g/mol. The summed E-state index contributed by atoms with van der Waals surface area (Å²) in [5.41, 5.74) is 0. The van der Waals surface area contributed by atoms with Crippen molar-refractivity contribution in [1.29, 1.82) is 0 Å². The Morgan fingerprint density at radius 3 is 2.40 bits per heavy atom. The van der Waals surface area contributed by atoms with Crippen molar-refractivity contribution < 1.29 is 8.42 Å². The molecule has 0 amide bonds. The van der Waals surface area contributed by atoms with Gasteiger partial charge in [-0.05, 0) is 46.2 Å². The van der Waals surface area contributed by atoms with Crippen molar-refractivity contribution in [3.63, 3.8) is 0 Å². The number of hydrogen-bond donors (Lipinski definition) is 2. The highest BCUT2D eigenvalue weighted by molar-refractivity contribution is 7.87. The maximum absolute atomic E-state index is 12.3. The Bertz CT molecular complexity index is 365. The number of hydrogen-bond acceptors (Lipinski definition) is 4. The quantitative estimate of drug-likeness (QED) is 0.655. The molecule has 1 fully saturated rings. The van der Waals surface area contributed by atoms with Crippen molar-refractivity contribution >= 4 is 10.2 Å². The largest absolute Gasteiger partial charge is 0.317 e. The van der Waals surface area contributed by atoms with Gasteiger partial charge in [-0.3, -0.25) is 0 Å². The van der Waals surface area contributed by atoms with E-state index in [2.05, 4.69) is 24.0 Å². The molecule has 1 saturated heterocycles. The highest BCUT2D eigenvalue weighted by Gasteiger charge is 2.29. The first kappa shape index (κ1) is 17.8. The second-order valence-corrected chi connectivity index (χ2v) is 7.42. The Balaban J connectivity index is 2.50. The molecule has 0 spiro atoms. The third kappa shape index (κ3) is 5.29. The van der Waals surface area contributed by atoms with Crippen LogP contribution in [0.4, 0.5) is 0 Å². The van der Waals surface area contributed by atoms with Gasteiger partial charge in [-0.15, -0.1) is 4.83 Å². The first-order chi connectivity index (χ1) is 9.38. The van der Waals surface area contributed by atoms with E-state index < -0.39 is 10.2 Å². The summed E-state index contributed by atoms with van der Waals surface area (Å²) < 4.78 is 26.0. The lowest BCUT2D eigenvalue weighted by molar-refractivity contribution is 0.0765. The van der Waals surface area contributed by atoms with Crippen LogP contribution in [0.3, 0.4) is 0 Å². The van der Waals surface area contributed by atoms with Gasteiger partial charge in [0.25, 0.3) is 10.2 Å². The molecular formula is C13H30N4O2S. The summed E-state index contributed by atoms with van der Waals surface area (Å²) in [6.07, 6.45) is 4.06. The molecule has 0 bridgehead atoms. The van der Waals surface area contributed by atoms with E-state index in [1.165, 1.54) is 10.7 Å². The zero-order valence-electron chi connectivity index (χ0n) is 13.2. The van der Waals surface area contributed by atoms with Crippen molar-refractivity contribution in [1.82, 2.24) is 19.5 Å². The summed E-state index contributed by atoms with van der Waals surface area (Å²) in [5, 5.41) is 5.09. The molecule has 2 N–H and O–H groups in total. The third-order valence-corrected chi connectivity index (χ3v) is 5.35. The highest BCUT2D eigenvalue weighted by atomic mass is 32.2. The van der Waals surface area contributed by atoms with Crippen molar-refractivity contribution in [2.45, 2.75) is 58.5 Å². The lowest BCUT2D eigenvalue weighted by Gasteiger charge is -2.39. The van der Waals surface area contributed by atoms with Gasteiger partial charge in [0.2, 0.25) is 0 Å². The minimum atomic E-state index is -3.43. The first-order valence-corrected chi connectivity index (χ1v) is 9.05. The van der Waals surface area contributed by atoms with E-state index in [9.17, 15) is 8.42 Å². The Morgan fingerprint density at radius 2 is 1.85 bits per heavy atom. The highest BCUT2D eigenvalue weighted by Crippen LogP contribution is 2.21. The fourth-order valence-corrected chi connectivity index (χ4v) is 3.66. The van der Waals surface area contributed by atoms with Gasteiger partial charge in [0.1, 0.15) is 0 Å². The molecule has 120 valence electrons. The summed E-state index contributed by atoms with van der Waals surface area (Å²) >= 11 is 0. The molecule has 0 radical (unpaired) electrons. The van der Waals surface area contributed by atoms with Gasteiger partial charge in [0.15, 0.2) is 0 Å². The van der Waals surface area contributed by atoms with Crippen LogP contribution in [-0.4, -0.2) is 56.5 Å². The van der Waals surface area contributed by atoms with Gasteiger partial charge < -0.3 is 5.32 Å². The Labute approximate surface area is 124 Å². The molecule has 0 aliphatic carbocycles. The molecule has 1 heterocycles. The van der Waals surface area contributed by atoms with Crippen molar-refractivity contribution in [3.8, 4) is 0 Å². The topological polar surface area (TPSA) is 64.7 Å². The van der Waals surface area contributed by atoms with E-state index in [-0.39, 0.29) is 12.1 Å². The standard InChI is InChI=1S/C13H30N4O2S/c1-5-14-10-7-11-16(4)20(18,19)15-17-12(2)8-6-9-13(17)3/h12-15H,5-11H2,1-4H3. The predicted molar refractivity (Wildman–Crippen MR) is 82.5 cm³/mol. The monoisotopic (exact) mass is 306 g/mol. The minimum Gasteiger partial charge on any atom is -0.317 e. The van der Waals surface area contributed by atoms with E-state index in [0.29, 0.717) is 6.54 Å². The lowest BCUT2D eigenvalue weighted by atomic mass is 10.0. The average Bonchev–Trinajstić information content (AvgIpc) is 2.39. The van der Waals surface area contributed by atoms with Crippen LogP contribution in [-0.2, 0) is 10.2 Å². The van der Waals surface area contributed by atoms with Crippen molar-refractivity contribution in [2.24, 2.45) is 0 Å². The molecule has 1 aliphatic heterocycles. The molecule has 1 rings (SSSR count). The molecule has 20 heavy (non-hydrogen) atoms. The van der Waals surface area contributed by atoms with E-state index in [1.807, 2.05) is 11.9 Å². The van der Waals surface area contributed by atoms with Crippen LogP contribution in [0.5, 0.6) is 0 Å². The van der Waals surface area contributed by atoms with Gasteiger partial charge in [-0.25, -0.2) is 5.01 Å². The second-order valence-electron chi connectivity index (χ2n) is 5.66. The number of nitrogens with zero attached hydrogens (tertiary/aromatic N) is 2. The number of rotatable bonds is 8. The molecule has 6 nitrogen and oxygen atoms in total. The zero-order valence-corrected chi connectivity index (χ0v) is 14.0. The van der Waals surface area contributed by atoms with Crippen LogP contribution in [0.2, 0.25) is 0 Å². The molecule has 7 heteroatoms. The smallest absolute Gasteiger partial charge is 0.292 e. The average molecular weight is 306 g/mol. The molecule has 0 aromatic carbocycles. The lowest BCUT2D eigenvalue weighted by Crippen LogP contribution is -2.56. The number of hydrazine groups is 1. The van der Waals surface area contributed by atoms with Crippen LogP contribution >= 0.6 is 0 Å². The van der Waals surface area contributed by atoms with Gasteiger partial charge in [-0.1, -0.05) is 13.3 Å². The molecule has 0 aromatic rings. The molecule has 2 atom stereocenters. The summed E-state index contributed by atoms with van der Waals surface area (Å²) in [6.45, 7) is 8.47. The van der Waals surface area contributed by atoms with Crippen molar-refractivity contribution in [3.05, 3.63) is 0 Å². The van der Waals surface area contributed by atoms with Crippen LogP contribution in [0, 0.1) is 0 Å². The SMILES string of the molecule is CCNCCCN(C)S(=O)(=O)NN1C(C)CCCC1C. The molecule has 2 unspecified atom stereocenters. The predicted octanol–water partition coefficient (Wildman–Crippen LogP) is 0.930. The van der Waals surface area contributed by atoms with Crippen LogP contribution in [0.15, 0.2) is 0 Å². The molecule has 0 saturated carbocycles. The maximum Gasteiger partial charge on any atom is 0.292 e. The van der Waals surface area contributed by atoms with Gasteiger partial charge in [-0.2, -0.15) is 12.7 Å². The van der Waals surface area contributed by atoms with Crippen LogP contribution < -0.4 is 10.1 Å². The number of nitrogens with one attached hydrogen (secondary N) is 2. The van der Waals surface area contributed by atoms with E-state index in [4.69, 9.17) is 0 Å². The normalized spacial score (nSPS) is 25.2. The summed E-state index contributed by atoms with van der Waals surface area (Å²) in [4.78, 5) is 2.75. The zero-order chi connectivity index (χ0) is 15.2. The molecule has 0 aromatic heterocycles. The number of piperidine rings is 1. The van der Waals surface area contributed by atoms with Gasteiger partial charge >= 0.3 is 0 Å². The maximum atomic E-state index is 12.3. The first-order valence-electron chi connectivity index (χ1n) is 7.61. The van der Waals surface area contributed by atoms with Gasteiger partial charge in [0, 0.05) is 25.7 Å². The third-order valence-electron chi connectivity index (χ3n) is 3.90. The Hall–Kier alpha value is -0.210. The fraction of sp³-hybridized carbons (Fsp3) is 1.00. The summed E-state index contributed by atoms with van der Waals surface area (Å²) in [5.74, 6) is 0. The Kier molecular flexibility index (Phi) is 7.39. The van der Waals surface area contributed by atoms with Crippen LogP contribution in [0.1, 0.15) is 46.5 Å². The summed E-state index contributed by atoms with van der Waals surface area (Å²) in [6, 6.07) is 0.507. The van der Waals surface area contributed by atoms with Crippen LogP contribution in [0.25, 0.3) is 0 Å². The van der Waals surface area contributed by atoms with E-state index in [0.717, 1.165) is 32.4 Å². The second kappa shape index (κ2) is 8.29. The summed E-state index contributed by atoms with van der Waals surface area (Å²) in [7, 11) is -1.80. The molecule has 1 aliphatic rings. The minimum absolute atomic E-state index is 0.253. The Morgan fingerprint density at radius 1 is 1.25 bits per heavy atom.